The predicted molar refractivity (Wildman–Crippen MR) is 139 cm³/mol. The number of aryl methyl sites for hydroxylation is 1. The van der Waals surface area contributed by atoms with E-state index in [4.69, 9.17) is 26.1 Å². The van der Waals surface area contributed by atoms with Crippen molar-refractivity contribution in [2.24, 2.45) is 0 Å². The maximum Gasteiger partial charge on any atom is 0.225 e. The normalized spacial score (nSPS) is 20.0. The fourth-order valence-electron chi connectivity index (χ4n) is 4.58. The molecule has 3 aromatic rings. The van der Waals surface area contributed by atoms with Crippen molar-refractivity contribution in [3.05, 3.63) is 94.1 Å². The van der Waals surface area contributed by atoms with Gasteiger partial charge in [-0.3, -0.25) is 9.97 Å². The lowest BCUT2D eigenvalue weighted by atomic mass is 10.0. The first-order valence-electron chi connectivity index (χ1n) is 12.2. The van der Waals surface area contributed by atoms with Crippen molar-refractivity contribution in [1.82, 2.24) is 19.9 Å². The van der Waals surface area contributed by atoms with Crippen molar-refractivity contribution >= 4 is 23.2 Å². The van der Waals surface area contributed by atoms with Crippen molar-refractivity contribution in [3.63, 3.8) is 0 Å². The summed E-state index contributed by atoms with van der Waals surface area (Å²) < 4.78 is 39.1. The topological polar surface area (TPSA) is 76.5 Å². The van der Waals surface area contributed by atoms with Gasteiger partial charge in [0.05, 0.1) is 29.6 Å². The van der Waals surface area contributed by atoms with Crippen LogP contribution in [0, 0.1) is 18.6 Å². The maximum atomic E-state index is 14.2. The second-order valence-electron chi connectivity index (χ2n) is 9.21. The first-order chi connectivity index (χ1) is 18.3. The molecule has 0 saturated carbocycles. The van der Waals surface area contributed by atoms with Gasteiger partial charge in [0.15, 0.2) is 5.82 Å². The molecule has 0 aromatic carbocycles. The number of morpholine rings is 1. The third kappa shape index (κ3) is 5.32. The number of aromatic nitrogens is 4. The highest BCUT2D eigenvalue weighted by molar-refractivity contribution is 6.31. The molecule has 38 heavy (non-hydrogen) atoms. The Morgan fingerprint density at radius 2 is 2.00 bits per heavy atom. The van der Waals surface area contributed by atoms with Crippen LogP contribution in [0.25, 0.3) is 0 Å². The molecule has 1 saturated heterocycles. The molecular formula is C27H27ClF2N6O2. The van der Waals surface area contributed by atoms with Crippen LogP contribution in [0.3, 0.4) is 0 Å². The zero-order valence-corrected chi connectivity index (χ0v) is 22.0. The number of hydrogen-bond acceptors (Lipinski definition) is 8. The third-order valence-corrected chi connectivity index (χ3v) is 6.81. The summed E-state index contributed by atoms with van der Waals surface area (Å²) in [5, 5.41) is 0.356. The number of rotatable bonds is 6. The molecule has 1 fully saturated rings. The van der Waals surface area contributed by atoms with E-state index >= 15 is 0 Å². The number of nitrogens with zero attached hydrogens (tertiary/aromatic N) is 6. The van der Waals surface area contributed by atoms with Gasteiger partial charge in [-0.25, -0.2) is 18.7 Å². The average Bonchev–Trinajstić information content (AvgIpc) is 2.90. The first-order valence-corrected chi connectivity index (χ1v) is 12.6. The summed E-state index contributed by atoms with van der Waals surface area (Å²) in [6, 6.07) is 3.96. The van der Waals surface area contributed by atoms with Crippen LogP contribution in [0.15, 0.2) is 65.6 Å². The largest absolute Gasteiger partial charge is 0.486 e. The number of allylic oxidation sites excluding steroid dienone is 2. The quantitative estimate of drug-likeness (QED) is 0.422. The van der Waals surface area contributed by atoms with E-state index in [1.807, 2.05) is 32.9 Å². The monoisotopic (exact) mass is 540 g/mol. The Morgan fingerprint density at radius 1 is 1.16 bits per heavy atom. The van der Waals surface area contributed by atoms with Crippen LogP contribution in [0.1, 0.15) is 36.8 Å². The Bertz CT molecular complexity index is 1400. The number of anilines is 2. The number of hydrogen-bond donors (Lipinski definition) is 0. The van der Waals surface area contributed by atoms with Crippen LogP contribution in [0.5, 0.6) is 0 Å². The molecule has 3 aromatic heterocycles. The van der Waals surface area contributed by atoms with Gasteiger partial charge >= 0.3 is 0 Å². The Kier molecular flexibility index (Phi) is 7.53. The molecule has 5 heterocycles. The van der Waals surface area contributed by atoms with E-state index in [0.29, 0.717) is 42.1 Å². The zero-order chi connectivity index (χ0) is 26.8. The molecule has 5 rings (SSSR count). The van der Waals surface area contributed by atoms with Crippen molar-refractivity contribution in [3.8, 4) is 0 Å². The van der Waals surface area contributed by atoms with E-state index in [1.165, 1.54) is 0 Å². The Hall–Kier alpha value is -3.63. The van der Waals surface area contributed by atoms with Gasteiger partial charge in [0.1, 0.15) is 29.9 Å². The molecule has 8 nitrogen and oxygen atoms in total. The Balaban J connectivity index is 1.54. The highest BCUT2D eigenvalue weighted by Crippen LogP contribution is 2.43. The van der Waals surface area contributed by atoms with Crippen LogP contribution in [0.2, 0.25) is 0 Å². The van der Waals surface area contributed by atoms with Crippen molar-refractivity contribution in [1.29, 1.82) is 0 Å². The Morgan fingerprint density at radius 3 is 2.76 bits per heavy atom. The predicted octanol–water partition coefficient (Wildman–Crippen LogP) is 5.21. The van der Waals surface area contributed by atoms with Crippen LogP contribution in [-0.2, 0) is 16.1 Å². The highest BCUT2D eigenvalue weighted by atomic mass is 35.5. The minimum absolute atomic E-state index is 0.0239. The lowest BCUT2D eigenvalue weighted by molar-refractivity contribution is 0.0526. The number of pyridine rings is 2. The molecule has 2 aliphatic heterocycles. The molecule has 2 aliphatic rings. The molecule has 1 unspecified atom stereocenters. The number of halogens is 3. The van der Waals surface area contributed by atoms with Gasteiger partial charge in [0.2, 0.25) is 5.95 Å². The molecule has 0 spiro atoms. The second-order valence-corrected chi connectivity index (χ2v) is 9.62. The standard InChI is InChI=1S/C27H27ClF2N6O2/c1-16-12-31-6-5-23(16)36-17(2)10-24(38-15-22-20(30)11-19(29)13-33-22)25(28)26(36)21-4-7-32-27(34-21)35-8-9-37-18(3)14-35/h4-7,10-13,18,26H,8-9,14-15H2,1-3H3/t18?,26-/m0/s1. The lowest BCUT2D eigenvalue weighted by Gasteiger charge is -2.38. The fraction of sp³-hybridized carbons (Fsp3) is 0.333. The van der Waals surface area contributed by atoms with Crippen LogP contribution < -0.4 is 9.80 Å². The van der Waals surface area contributed by atoms with Crippen LogP contribution in [-0.4, -0.2) is 45.7 Å². The second kappa shape index (κ2) is 11.0. The fourth-order valence-corrected chi connectivity index (χ4v) is 4.90. The molecule has 2 atom stereocenters. The summed E-state index contributed by atoms with van der Waals surface area (Å²) in [6.45, 7) is 7.65. The maximum absolute atomic E-state index is 14.2. The summed E-state index contributed by atoms with van der Waals surface area (Å²) in [5.74, 6) is -0.609. The first kappa shape index (κ1) is 26.0. The molecule has 0 amide bonds. The van der Waals surface area contributed by atoms with E-state index in [-0.39, 0.29) is 18.4 Å². The van der Waals surface area contributed by atoms with E-state index in [2.05, 4.69) is 24.8 Å². The smallest absolute Gasteiger partial charge is 0.225 e. The summed E-state index contributed by atoms with van der Waals surface area (Å²) in [6.07, 6.45) is 8.02. The van der Waals surface area contributed by atoms with Gasteiger partial charge in [-0.05, 0) is 38.5 Å². The molecule has 11 heteroatoms. The van der Waals surface area contributed by atoms with Gasteiger partial charge in [0, 0.05) is 55.2 Å². The third-order valence-electron chi connectivity index (χ3n) is 6.42. The highest BCUT2D eigenvalue weighted by Gasteiger charge is 2.34. The lowest BCUT2D eigenvalue weighted by Crippen LogP contribution is -2.42. The summed E-state index contributed by atoms with van der Waals surface area (Å²) in [4.78, 5) is 21.6. The average molecular weight is 541 g/mol. The van der Waals surface area contributed by atoms with Crippen LogP contribution in [0.4, 0.5) is 20.4 Å². The molecule has 198 valence electrons. The van der Waals surface area contributed by atoms with E-state index in [0.717, 1.165) is 29.2 Å². The van der Waals surface area contributed by atoms with Crippen molar-refractivity contribution in [2.45, 2.75) is 39.5 Å². The van der Waals surface area contributed by atoms with Gasteiger partial charge in [0.25, 0.3) is 0 Å². The molecule has 0 N–H and O–H groups in total. The summed E-state index contributed by atoms with van der Waals surface area (Å²) in [7, 11) is 0. The van der Waals surface area contributed by atoms with E-state index < -0.39 is 17.7 Å². The van der Waals surface area contributed by atoms with E-state index in [1.54, 1.807) is 24.7 Å². The minimum atomic E-state index is -0.788. The molecule has 0 bridgehead atoms. The minimum Gasteiger partial charge on any atom is -0.486 e. The Labute approximate surface area is 224 Å². The van der Waals surface area contributed by atoms with Crippen LogP contribution >= 0.6 is 11.6 Å². The number of ether oxygens (including phenoxy) is 2. The molecular weight excluding hydrogens is 514 g/mol. The summed E-state index contributed by atoms with van der Waals surface area (Å²) in [5.41, 5.74) is 3.32. The molecule has 0 radical (unpaired) electrons. The van der Waals surface area contributed by atoms with Gasteiger partial charge in [-0.1, -0.05) is 11.6 Å². The van der Waals surface area contributed by atoms with Gasteiger partial charge in [-0.15, -0.1) is 0 Å². The van der Waals surface area contributed by atoms with Gasteiger partial charge in [-0.2, -0.15) is 0 Å². The van der Waals surface area contributed by atoms with E-state index in [9.17, 15) is 8.78 Å². The summed E-state index contributed by atoms with van der Waals surface area (Å²) >= 11 is 7.02. The van der Waals surface area contributed by atoms with Crippen molar-refractivity contribution < 1.29 is 18.3 Å². The van der Waals surface area contributed by atoms with Gasteiger partial charge < -0.3 is 19.3 Å². The van der Waals surface area contributed by atoms with Crippen molar-refractivity contribution in [2.75, 3.05) is 29.5 Å². The molecule has 0 aliphatic carbocycles. The zero-order valence-electron chi connectivity index (χ0n) is 21.2. The SMILES string of the molecule is CC1=CC(OCc2ncc(F)cc2F)=C(Cl)[C@H](c2ccnc(N3CCOC(C)C3)n2)N1c1ccncc1C.